The zero-order valence-electron chi connectivity index (χ0n) is 18.8. The van der Waals surface area contributed by atoms with E-state index in [2.05, 4.69) is 34.5 Å². The Morgan fingerprint density at radius 2 is 1.81 bits per heavy atom. The SMILES string of the molecule is CCOC(=O)N1C2CCC1CC(N1CCC3(CC1)C[C@H](NC(C)=O)c1ccccc13)C2.[HH]. The van der Waals surface area contributed by atoms with Gasteiger partial charge in [-0.05, 0) is 76.1 Å². The Hall–Kier alpha value is -2.08. The topological polar surface area (TPSA) is 61.9 Å². The lowest BCUT2D eigenvalue weighted by atomic mass is 9.73. The standard InChI is InChI=1S/C25H35N3O3.H2/c1-3-31-24(30)28-18-8-9-19(28)15-20(14-18)27-12-10-25(11-13-27)16-23(26-17(2)29)21-6-4-5-7-22(21)25;/h4-7,18-20,23H,3,8-16H2,1-2H3,(H,26,29);1H/t18?,19?,20?,23-;/m0./s1. The van der Waals surface area contributed by atoms with Gasteiger partial charge in [0.15, 0.2) is 0 Å². The van der Waals surface area contributed by atoms with Crippen LogP contribution in [0, 0.1) is 0 Å². The molecule has 170 valence electrons. The Morgan fingerprint density at radius 3 is 2.45 bits per heavy atom. The number of carbonyl (C=O) groups is 2. The Labute approximate surface area is 186 Å². The van der Waals surface area contributed by atoms with Crippen molar-refractivity contribution < 1.29 is 15.8 Å². The van der Waals surface area contributed by atoms with Crippen LogP contribution in [0.5, 0.6) is 0 Å². The molecule has 3 aliphatic heterocycles. The van der Waals surface area contributed by atoms with Gasteiger partial charge in [0.25, 0.3) is 0 Å². The van der Waals surface area contributed by atoms with Crippen LogP contribution in [0.25, 0.3) is 0 Å². The minimum Gasteiger partial charge on any atom is -0.450 e. The summed E-state index contributed by atoms with van der Waals surface area (Å²) in [4.78, 5) is 28.9. The van der Waals surface area contributed by atoms with Gasteiger partial charge in [-0.15, -0.1) is 0 Å². The third kappa shape index (κ3) is 3.63. The molecule has 1 aromatic rings. The van der Waals surface area contributed by atoms with Gasteiger partial charge >= 0.3 is 6.09 Å². The summed E-state index contributed by atoms with van der Waals surface area (Å²) in [6, 6.07) is 10.1. The molecular formula is C25H37N3O3. The molecule has 1 N–H and O–H groups in total. The van der Waals surface area contributed by atoms with Crippen LogP contribution in [0.3, 0.4) is 0 Å². The molecule has 3 heterocycles. The Morgan fingerprint density at radius 1 is 1.13 bits per heavy atom. The first-order valence-electron chi connectivity index (χ1n) is 12.1. The molecular weight excluding hydrogens is 390 g/mol. The third-order valence-electron chi connectivity index (χ3n) is 8.34. The fourth-order valence-electron chi connectivity index (χ4n) is 7.00. The first-order chi connectivity index (χ1) is 15.0. The van der Waals surface area contributed by atoms with Crippen LogP contribution in [0.4, 0.5) is 4.79 Å². The molecule has 1 aromatic carbocycles. The maximum Gasteiger partial charge on any atom is 0.410 e. The van der Waals surface area contributed by atoms with Gasteiger partial charge in [0.1, 0.15) is 0 Å². The number of benzene rings is 1. The summed E-state index contributed by atoms with van der Waals surface area (Å²) in [5.41, 5.74) is 2.95. The van der Waals surface area contributed by atoms with E-state index in [-0.39, 0.29) is 24.9 Å². The van der Waals surface area contributed by atoms with E-state index in [9.17, 15) is 9.59 Å². The molecule has 4 aliphatic rings. The van der Waals surface area contributed by atoms with Gasteiger partial charge in [-0.25, -0.2) is 4.79 Å². The monoisotopic (exact) mass is 427 g/mol. The summed E-state index contributed by atoms with van der Waals surface area (Å²) in [5.74, 6) is 0.0538. The molecule has 0 aromatic heterocycles. The molecule has 3 atom stereocenters. The molecule has 0 saturated carbocycles. The van der Waals surface area contributed by atoms with Crippen molar-refractivity contribution in [3.8, 4) is 0 Å². The number of ether oxygens (including phenoxy) is 1. The van der Waals surface area contributed by atoms with E-state index < -0.39 is 0 Å². The van der Waals surface area contributed by atoms with E-state index in [1.807, 2.05) is 11.8 Å². The lowest BCUT2D eigenvalue weighted by Crippen LogP contribution is -2.55. The molecule has 31 heavy (non-hydrogen) atoms. The highest BCUT2D eigenvalue weighted by atomic mass is 16.6. The van der Waals surface area contributed by atoms with E-state index in [1.54, 1.807) is 6.92 Å². The summed E-state index contributed by atoms with van der Waals surface area (Å²) in [6.45, 7) is 6.16. The fourth-order valence-corrected chi connectivity index (χ4v) is 7.00. The van der Waals surface area contributed by atoms with E-state index in [0.717, 1.165) is 58.0 Å². The first-order valence-corrected chi connectivity index (χ1v) is 12.1. The third-order valence-corrected chi connectivity index (χ3v) is 8.34. The number of nitrogens with one attached hydrogen (secondary N) is 1. The van der Waals surface area contributed by atoms with Gasteiger partial charge in [-0.2, -0.15) is 0 Å². The molecule has 3 fully saturated rings. The number of likely N-dealkylation sites (tertiary alicyclic amines) is 1. The largest absolute Gasteiger partial charge is 0.450 e. The molecule has 2 amide bonds. The molecule has 2 bridgehead atoms. The highest BCUT2D eigenvalue weighted by Crippen LogP contribution is 2.51. The zero-order valence-corrected chi connectivity index (χ0v) is 18.8. The number of nitrogens with zero attached hydrogens (tertiary/aromatic N) is 2. The normalized spacial score (nSPS) is 31.5. The van der Waals surface area contributed by atoms with Crippen molar-refractivity contribution in [1.82, 2.24) is 15.1 Å². The minimum atomic E-state index is -0.113. The van der Waals surface area contributed by atoms with Crippen molar-refractivity contribution >= 4 is 12.0 Å². The van der Waals surface area contributed by atoms with Crippen molar-refractivity contribution in [3.63, 3.8) is 0 Å². The summed E-state index contributed by atoms with van der Waals surface area (Å²) >= 11 is 0. The molecule has 5 rings (SSSR count). The van der Waals surface area contributed by atoms with E-state index in [1.165, 1.54) is 11.1 Å². The second-order valence-corrected chi connectivity index (χ2v) is 9.98. The van der Waals surface area contributed by atoms with E-state index in [4.69, 9.17) is 4.74 Å². The Bertz CT molecular complexity index is 841. The molecule has 6 heteroatoms. The molecule has 2 unspecified atom stereocenters. The second kappa shape index (κ2) is 8.12. The number of piperidine rings is 2. The van der Waals surface area contributed by atoms with Gasteiger partial charge in [0, 0.05) is 31.9 Å². The highest BCUT2D eigenvalue weighted by molar-refractivity contribution is 5.74. The molecule has 1 spiro atoms. The van der Waals surface area contributed by atoms with Gasteiger partial charge in [-0.3, -0.25) is 4.79 Å². The van der Waals surface area contributed by atoms with Crippen LogP contribution in [0.1, 0.15) is 77.4 Å². The molecule has 0 radical (unpaired) electrons. The van der Waals surface area contributed by atoms with Crippen LogP contribution >= 0.6 is 0 Å². The van der Waals surface area contributed by atoms with Gasteiger partial charge in [-0.1, -0.05) is 24.3 Å². The average molecular weight is 428 g/mol. The van der Waals surface area contributed by atoms with Crippen LogP contribution in [-0.2, 0) is 14.9 Å². The van der Waals surface area contributed by atoms with Crippen LogP contribution < -0.4 is 5.32 Å². The molecule has 6 nitrogen and oxygen atoms in total. The van der Waals surface area contributed by atoms with E-state index in [0.29, 0.717) is 24.7 Å². The average Bonchev–Trinajstić information content (AvgIpc) is 3.19. The zero-order chi connectivity index (χ0) is 21.6. The summed E-state index contributed by atoms with van der Waals surface area (Å²) in [6.07, 6.45) is 7.58. The number of fused-ring (bicyclic) bond motifs is 4. The number of rotatable bonds is 3. The second-order valence-electron chi connectivity index (χ2n) is 9.98. The Kier molecular flexibility index (Phi) is 5.45. The smallest absolute Gasteiger partial charge is 0.410 e. The summed E-state index contributed by atoms with van der Waals surface area (Å²) in [7, 11) is 0. The van der Waals surface area contributed by atoms with Crippen LogP contribution in [0.2, 0.25) is 0 Å². The first kappa shape index (κ1) is 20.8. The fraction of sp³-hybridized carbons (Fsp3) is 0.680. The number of carbonyl (C=O) groups excluding carboxylic acids is 2. The van der Waals surface area contributed by atoms with Crippen LogP contribution in [-0.4, -0.2) is 59.6 Å². The number of hydrogen-bond acceptors (Lipinski definition) is 4. The predicted octanol–water partition coefficient (Wildman–Crippen LogP) is 4.00. The Balaban J connectivity index is 0.00000245. The van der Waals surface area contributed by atoms with E-state index >= 15 is 0 Å². The number of amides is 2. The van der Waals surface area contributed by atoms with Crippen molar-refractivity contribution in [3.05, 3.63) is 35.4 Å². The summed E-state index contributed by atoms with van der Waals surface area (Å²) in [5, 5.41) is 3.19. The lowest BCUT2D eigenvalue weighted by molar-refractivity contribution is -0.119. The molecule has 1 aliphatic carbocycles. The van der Waals surface area contributed by atoms with Gasteiger partial charge in [0.2, 0.25) is 5.91 Å². The van der Waals surface area contributed by atoms with Crippen molar-refractivity contribution in [1.29, 1.82) is 0 Å². The lowest BCUT2D eigenvalue weighted by Gasteiger charge is -2.47. The quantitative estimate of drug-likeness (QED) is 0.792. The van der Waals surface area contributed by atoms with Crippen molar-refractivity contribution in [2.45, 2.75) is 88.4 Å². The van der Waals surface area contributed by atoms with Crippen molar-refractivity contribution in [2.24, 2.45) is 0 Å². The highest BCUT2D eigenvalue weighted by Gasteiger charge is 2.49. The maximum absolute atomic E-state index is 12.4. The minimum absolute atomic E-state index is 0. The van der Waals surface area contributed by atoms with Crippen molar-refractivity contribution in [2.75, 3.05) is 19.7 Å². The predicted molar refractivity (Wildman–Crippen MR) is 121 cm³/mol. The van der Waals surface area contributed by atoms with Crippen LogP contribution in [0.15, 0.2) is 24.3 Å². The maximum atomic E-state index is 12.4. The number of hydrogen-bond donors (Lipinski definition) is 1. The summed E-state index contributed by atoms with van der Waals surface area (Å²) < 4.78 is 5.32. The van der Waals surface area contributed by atoms with Gasteiger partial charge < -0.3 is 19.9 Å². The molecule has 3 saturated heterocycles. The van der Waals surface area contributed by atoms with Gasteiger partial charge in [0.05, 0.1) is 12.6 Å².